The fraction of sp³-hybridized carbons (Fsp3) is 0.538. The van der Waals surface area contributed by atoms with Crippen LogP contribution in [-0.4, -0.2) is 38.0 Å². The lowest BCUT2D eigenvalue weighted by Crippen LogP contribution is -2.48. The lowest BCUT2D eigenvalue weighted by atomic mass is 10.2. The molecule has 0 aliphatic carbocycles. The molecule has 0 unspecified atom stereocenters. The van der Waals surface area contributed by atoms with Crippen molar-refractivity contribution in [1.29, 1.82) is 0 Å². The number of anilines is 1. The van der Waals surface area contributed by atoms with Gasteiger partial charge in [-0.1, -0.05) is 12.1 Å². The van der Waals surface area contributed by atoms with Crippen molar-refractivity contribution in [3.05, 3.63) is 29.8 Å². The second kappa shape index (κ2) is 5.48. The maximum atomic E-state index is 12.4. The molecule has 0 saturated carbocycles. The molecule has 106 valence electrons. The van der Waals surface area contributed by atoms with Crippen LogP contribution in [0.5, 0.6) is 0 Å². The number of hydrogen-bond donors (Lipinski definition) is 1. The van der Waals surface area contributed by atoms with Crippen molar-refractivity contribution >= 4 is 15.7 Å². The fourth-order valence-corrected chi connectivity index (χ4v) is 3.94. The average molecular weight is 284 g/mol. The summed E-state index contributed by atoms with van der Waals surface area (Å²) in [5, 5.41) is 0. The van der Waals surface area contributed by atoms with Crippen molar-refractivity contribution in [3.8, 4) is 0 Å². The Labute approximate surface area is 114 Å². The minimum atomic E-state index is -3.30. The molecular formula is C13H20N2O3S. The van der Waals surface area contributed by atoms with Crippen molar-refractivity contribution < 1.29 is 13.2 Å². The molecule has 5 nitrogen and oxygen atoms in total. The third-order valence-corrected chi connectivity index (χ3v) is 4.89. The maximum absolute atomic E-state index is 12.4. The predicted octanol–water partition coefficient (Wildman–Crippen LogP) is 1.21. The molecule has 1 aromatic rings. The SMILES string of the molecule is C[C@@H]1CN(S(=O)(=O)Cc2ccc(N)cc2)C[C@H](C)O1. The van der Waals surface area contributed by atoms with Crippen LogP contribution in [0, 0.1) is 0 Å². The van der Waals surface area contributed by atoms with Gasteiger partial charge in [0.05, 0.1) is 18.0 Å². The summed E-state index contributed by atoms with van der Waals surface area (Å²) < 4.78 is 31.8. The first kappa shape index (κ1) is 14.3. The molecule has 1 aliphatic rings. The Morgan fingerprint density at radius 2 is 1.74 bits per heavy atom. The van der Waals surface area contributed by atoms with E-state index in [1.165, 1.54) is 4.31 Å². The number of nitrogen functional groups attached to an aromatic ring is 1. The molecule has 19 heavy (non-hydrogen) atoms. The first-order chi connectivity index (χ1) is 8.87. The second-order valence-corrected chi connectivity index (χ2v) is 7.04. The van der Waals surface area contributed by atoms with Gasteiger partial charge in [-0.3, -0.25) is 0 Å². The Hall–Kier alpha value is -1.11. The van der Waals surface area contributed by atoms with Gasteiger partial charge in [0.1, 0.15) is 0 Å². The van der Waals surface area contributed by atoms with E-state index in [1.807, 2.05) is 13.8 Å². The van der Waals surface area contributed by atoms with Crippen LogP contribution in [0.15, 0.2) is 24.3 Å². The van der Waals surface area contributed by atoms with E-state index in [-0.39, 0.29) is 18.0 Å². The molecule has 0 amide bonds. The molecule has 2 N–H and O–H groups in total. The average Bonchev–Trinajstić information content (AvgIpc) is 2.31. The Kier molecular flexibility index (Phi) is 4.13. The molecule has 2 rings (SSSR count). The number of sulfonamides is 1. The van der Waals surface area contributed by atoms with Crippen LogP contribution in [-0.2, 0) is 20.5 Å². The molecule has 2 atom stereocenters. The van der Waals surface area contributed by atoms with E-state index < -0.39 is 10.0 Å². The van der Waals surface area contributed by atoms with Crippen LogP contribution in [0.2, 0.25) is 0 Å². The normalized spacial score (nSPS) is 25.4. The summed E-state index contributed by atoms with van der Waals surface area (Å²) in [4.78, 5) is 0. The minimum Gasteiger partial charge on any atom is -0.399 e. The third kappa shape index (κ3) is 3.68. The molecule has 0 bridgehead atoms. The summed E-state index contributed by atoms with van der Waals surface area (Å²) in [5.41, 5.74) is 6.98. The van der Waals surface area contributed by atoms with Crippen LogP contribution in [0.3, 0.4) is 0 Å². The third-order valence-electron chi connectivity index (χ3n) is 3.11. The van der Waals surface area contributed by atoms with Crippen LogP contribution in [0.25, 0.3) is 0 Å². The molecule has 1 aromatic carbocycles. The molecule has 1 saturated heterocycles. The molecule has 6 heteroatoms. The smallest absolute Gasteiger partial charge is 0.218 e. The van der Waals surface area contributed by atoms with E-state index in [4.69, 9.17) is 10.5 Å². The Bertz CT molecular complexity index is 517. The Morgan fingerprint density at radius 3 is 2.26 bits per heavy atom. The van der Waals surface area contributed by atoms with Crippen LogP contribution < -0.4 is 5.73 Å². The van der Waals surface area contributed by atoms with Crippen molar-refractivity contribution in [2.45, 2.75) is 31.8 Å². The van der Waals surface area contributed by atoms with Gasteiger partial charge in [0, 0.05) is 18.8 Å². The van der Waals surface area contributed by atoms with Gasteiger partial charge in [-0.15, -0.1) is 0 Å². The van der Waals surface area contributed by atoms with Gasteiger partial charge in [-0.05, 0) is 31.5 Å². The number of morpholine rings is 1. The lowest BCUT2D eigenvalue weighted by molar-refractivity contribution is -0.0441. The van der Waals surface area contributed by atoms with Gasteiger partial charge in [0.2, 0.25) is 10.0 Å². The Morgan fingerprint density at radius 1 is 1.21 bits per heavy atom. The van der Waals surface area contributed by atoms with Gasteiger partial charge in [0.25, 0.3) is 0 Å². The highest BCUT2D eigenvalue weighted by molar-refractivity contribution is 7.88. The standard InChI is InChI=1S/C13H20N2O3S/c1-10-7-15(8-11(2)18-10)19(16,17)9-12-3-5-13(14)6-4-12/h3-6,10-11H,7-9,14H2,1-2H3/t10-,11+. The number of rotatable bonds is 3. The zero-order valence-electron chi connectivity index (χ0n) is 11.2. The first-order valence-electron chi connectivity index (χ1n) is 6.34. The summed E-state index contributed by atoms with van der Waals surface area (Å²) in [6.07, 6.45) is -0.130. The van der Waals surface area contributed by atoms with Gasteiger partial charge in [0.15, 0.2) is 0 Å². The van der Waals surface area contributed by atoms with Crippen LogP contribution >= 0.6 is 0 Å². The molecule has 0 aromatic heterocycles. The van der Waals surface area contributed by atoms with E-state index in [2.05, 4.69) is 0 Å². The van der Waals surface area contributed by atoms with E-state index in [1.54, 1.807) is 24.3 Å². The highest BCUT2D eigenvalue weighted by atomic mass is 32.2. The minimum absolute atomic E-state index is 0.00667. The quantitative estimate of drug-likeness (QED) is 0.847. The molecule has 1 fully saturated rings. The highest BCUT2D eigenvalue weighted by Gasteiger charge is 2.30. The number of nitrogens with zero attached hydrogens (tertiary/aromatic N) is 1. The monoisotopic (exact) mass is 284 g/mol. The summed E-state index contributed by atoms with van der Waals surface area (Å²) in [7, 11) is -3.30. The van der Waals surface area contributed by atoms with E-state index >= 15 is 0 Å². The summed E-state index contributed by atoms with van der Waals surface area (Å²) in [5.74, 6) is 0.00667. The van der Waals surface area contributed by atoms with Crippen LogP contribution in [0.1, 0.15) is 19.4 Å². The van der Waals surface area contributed by atoms with Gasteiger partial charge < -0.3 is 10.5 Å². The lowest BCUT2D eigenvalue weighted by Gasteiger charge is -2.34. The van der Waals surface area contributed by atoms with Crippen LogP contribution in [0.4, 0.5) is 5.69 Å². The molecule has 1 aliphatic heterocycles. The van der Waals surface area contributed by atoms with Crippen molar-refractivity contribution in [1.82, 2.24) is 4.31 Å². The van der Waals surface area contributed by atoms with Gasteiger partial charge in [-0.25, -0.2) is 8.42 Å². The first-order valence-corrected chi connectivity index (χ1v) is 7.95. The number of benzene rings is 1. The maximum Gasteiger partial charge on any atom is 0.218 e. The second-order valence-electron chi connectivity index (χ2n) is 5.07. The van der Waals surface area contributed by atoms with Gasteiger partial charge in [-0.2, -0.15) is 4.31 Å². The molecule has 0 radical (unpaired) electrons. The number of nitrogens with two attached hydrogens (primary N) is 1. The van der Waals surface area contributed by atoms with Crippen molar-refractivity contribution in [2.75, 3.05) is 18.8 Å². The largest absolute Gasteiger partial charge is 0.399 e. The van der Waals surface area contributed by atoms with Crippen molar-refractivity contribution in [3.63, 3.8) is 0 Å². The van der Waals surface area contributed by atoms with E-state index in [9.17, 15) is 8.42 Å². The predicted molar refractivity (Wildman–Crippen MR) is 75.1 cm³/mol. The fourth-order valence-electron chi connectivity index (χ4n) is 2.27. The molecule has 0 spiro atoms. The summed E-state index contributed by atoms with van der Waals surface area (Å²) >= 11 is 0. The van der Waals surface area contributed by atoms with Crippen molar-refractivity contribution in [2.24, 2.45) is 0 Å². The summed E-state index contributed by atoms with van der Waals surface area (Å²) in [6.45, 7) is 4.62. The molecular weight excluding hydrogens is 264 g/mol. The Balaban J connectivity index is 2.11. The molecule has 1 heterocycles. The van der Waals surface area contributed by atoms with E-state index in [0.29, 0.717) is 18.8 Å². The zero-order valence-corrected chi connectivity index (χ0v) is 12.1. The van der Waals surface area contributed by atoms with E-state index in [0.717, 1.165) is 5.56 Å². The topological polar surface area (TPSA) is 72.6 Å². The van der Waals surface area contributed by atoms with Gasteiger partial charge >= 0.3 is 0 Å². The summed E-state index contributed by atoms with van der Waals surface area (Å²) in [6, 6.07) is 6.94. The highest BCUT2D eigenvalue weighted by Crippen LogP contribution is 2.18. The number of ether oxygens (including phenoxy) is 1. The number of hydrogen-bond acceptors (Lipinski definition) is 4. The zero-order chi connectivity index (χ0) is 14.0.